The molecule has 0 bridgehead atoms. The number of hydrogen-bond donors (Lipinski definition) is 4. The highest BCUT2D eigenvalue weighted by Crippen LogP contribution is 1.93. The molecule has 5 heteroatoms. The van der Waals surface area contributed by atoms with Crippen molar-refractivity contribution in [2.45, 2.75) is 18.9 Å². The molecule has 0 aromatic rings. The summed E-state index contributed by atoms with van der Waals surface area (Å²) in [5.74, 6) is 4.01. The molecule has 60 valence electrons. The van der Waals surface area contributed by atoms with Gasteiger partial charge >= 0.3 is 5.97 Å². The number of rotatable bonds is 5. The van der Waals surface area contributed by atoms with E-state index in [0.717, 1.165) is 0 Å². The number of carboxylic acid groups (broad SMARTS) is 1. The zero-order chi connectivity index (χ0) is 7.98. The van der Waals surface area contributed by atoms with E-state index in [1.54, 1.807) is 0 Å². The Balaban J connectivity index is 3.50. The molecule has 0 aromatic heterocycles. The number of hydrogen-bond acceptors (Lipinski definition) is 4. The van der Waals surface area contributed by atoms with Crippen LogP contribution in [0.4, 0.5) is 0 Å². The minimum absolute atomic E-state index is 0.475. The smallest absolute Gasteiger partial charge is 0.322 e. The Morgan fingerprint density at radius 1 is 1.70 bits per heavy atom. The molecule has 6 N–H and O–H groups in total. The first-order valence-corrected chi connectivity index (χ1v) is 3.11. The lowest BCUT2D eigenvalue weighted by Gasteiger charge is -2.08. The summed E-state index contributed by atoms with van der Waals surface area (Å²) >= 11 is 0. The lowest BCUT2D eigenvalue weighted by molar-refractivity contribution is -0.139. The highest BCUT2D eigenvalue weighted by atomic mass is 16.4. The van der Waals surface area contributed by atoms with Crippen molar-refractivity contribution in [2.75, 3.05) is 6.54 Å². The summed E-state index contributed by atoms with van der Waals surface area (Å²) in [6.07, 6.45) is 1.14. The maximum atomic E-state index is 10.3. The van der Waals surface area contributed by atoms with Crippen molar-refractivity contribution in [2.24, 2.45) is 11.6 Å². The van der Waals surface area contributed by atoms with Gasteiger partial charge in [-0.1, -0.05) is 0 Å². The van der Waals surface area contributed by atoms with Crippen molar-refractivity contribution < 1.29 is 9.90 Å². The second kappa shape index (κ2) is 5.16. The number of carboxylic acids is 1. The SMILES string of the molecule is NCCC[C@H](NN)C(=O)O. The maximum absolute atomic E-state index is 10.3. The lowest BCUT2D eigenvalue weighted by Crippen LogP contribution is -2.41. The van der Waals surface area contributed by atoms with E-state index in [1.165, 1.54) is 0 Å². The third-order valence-electron chi connectivity index (χ3n) is 1.20. The summed E-state index contributed by atoms with van der Waals surface area (Å²) in [7, 11) is 0. The van der Waals surface area contributed by atoms with Gasteiger partial charge in [0.2, 0.25) is 0 Å². The third-order valence-corrected chi connectivity index (χ3v) is 1.20. The number of carbonyl (C=O) groups is 1. The van der Waals surface area contributed by atoms with Crippen LogP contribution in [0.3, 0.4) is 0 Å². The summed E-state index contributed by atoms with van der Waals surface area (Å²) in [5.41, 5.74) is 7.35. The Morgan fingerprint density at radius 3 is 2.60 bits per heavy atom. The van der Waals surface area contributed by atoms with E-state index in [4.69, 9.17) is 16.7 Å². The molecule has 0 heterocycles. The van der Waals surface area contributed by atoms with Gasteiger partial charge in [0.25, 0.3) is 0 Å². The molecule has 0 aliphatic carbocycles. The molecule has 0 unspecified atom stereocenters. The van der Waals surface area contributed by atoms with Crippen molar-refractivity contribution in [1.29, 1.82) is 0 Å². The van der Waals surface area contributed by atoms with E-state index < -0.39 is 12.0 Å². The van der Waals surface area contributed by atoms with Crippen LogP contribution in [-0.4, -0.2) is 23.7 Å². The predicted molar refractivity (Wildman–Crippen MR) is 37.0 cm³/mol. The highest BCUT2D eigenvalue weighted by Gasteiger charge is 2.13. The zero-order valence-corrected chi connectivity index (χ0v) is 5.71. The zero-order valence-electron chi connectivity index (χ0n) is 5.71. The molecule has 0 spiro atoms. The average Bonchev–Trinajstić information content (AvgIpc) is 1.89. The van der Waals surface area contributed by atoms with Crippen LogP contribution in [0.15, 0.2) is 0 Å². The van der Waals surface area contributed by atoms with Crippen LogP contribution in [0.5, 0.6) is 0 Å². The van der Waals surface area contributed by atoms with Gasteiger partial charge in [0, 0.05) is 0 Å². The molecule has 0 saturated heterocycles. The highest BCUT2D eigenvalue weighted by molar-refractivity contribution is 5.73. The maximum Gasteiger partial charge on any atom is 0.322 e. The molecular formula is C5H13N3O2. The molecule has 0 aliphatic rings. The Bertz CT molecular complexity index is 107. The van der Waals surface area contributed by atoms with Crippen molar-refractivity contribution in [3.8, 4) is 0 Å². The van der Waals surface area contributed by atoms with Gasteiger partial charge < -0.3 is 10.8 Å². The fraction of sp³-hybridized carbons (Fsp3) is 0.800. The van der Waals surface area contributed by atoms with Crippen LogP contribution in [0, 0.1) is 0 Å². The second-order valence-corrected chi connectivity index (χ2v) is 1.99. The van der Waals surface area contributed by atoms with E-state index in [1.807, 2.05) is 0 Å². The van der Waals surface area contributed by atoms with Gasteiger partial charge in [-0.05, 0) is 19.4 Å². The molecule has 0 aromatic carbocycles. The standard InChI is InChI=1S/C5H13N3O2/c6-3-1-2-4(8-7)5(9)10/h4,8H,1-3,6-7H2,(H,9,10)/t4-/m0/s1. The Kier molecular flexibility index (Phi) is 4.82. The minimum Gasteiger partial charge on any atom is -0.480 e. The summed E-state index contributed by atoms with van der Waals surface area (Å²) in [5, 5.41) is 8.42. The Morgan fingerprint density at radius 2 is 2.30 bits per heavy atom. The molecule has 0 amide bonds. The molecular weight excluding hydrogens is 134 g/mol. The van der Waals surface area contributed by atoms with Gasteiger partial charge in [-0.3, -0.25) is 10.6 Å². The van der Waals surface area contributed by atoms with E-state index in [9.17, 15) is 4.79 Å². The average molecular weight is 147 g/mol. The first-order chi connectivity index (χ1) is 4.72. The van der Waals surface area contributed by atoms with E-state index in [-0.39, 0.29) is 0 Å². The van der Waals surface area contributed by atoms with Gasteiger partial charge in [-0.25, -0.2) is 5.43 Å². The molecule has 0 rings (SSSR count). The molecule has 0 fully saturated rings. The van der Waals surface area contributed by atoms with Crippen LogP contribution >= 0.6 is 0 Å². The first kappa shape index (κ1) is 9.35. The van der Waals surface area contributed by atoms with Crippen molar-refractivity contribution in [3.63, 3.8) is 0 Å². The van der Waals surface area contributed by atoms with E-state index in [0.29, 0.717) is 19.4 Å². The topological polar surface area (TPSA) is 101 Å². The largest absolute Gasteiger partial charge is 0.480 e. The fourth-order valence-electron chi connectivity index (χ4n) is 0.600. The van der Waals surface area contributed by atoms with Gasteiger partial charge in [-0.15, -0.1) is 0 Å². The predicted octanol–water partition coefficient (Wildman–Crippen LogP) is -1.36. The number of hydrazine groups is 1. The number of nitrogens with one attached hydrogen (secondary N) is 1. The van der Waals surface area contributed by atoms with Crippen LogP contribution < -0.4 is 17.0 Å². The quantitative estimate of drug-likeness (QED) is 0.284. The van der Waals surface area contributed by atoms with Gasteiger partial charge in [0.1, 0.15) is 6.04 Å². The van der Waals surface area contributed by atoms with Gasteiger partial charge in [-0.2, -0.15) is 0 Å². The third kappa shape index (κ3) is 3.39. The number of aliphatic carboxylic acids is 1. The summed E-state index contributed by atoms with van der Waals surface area (Å²) in [6.45, 7) is 0.492. The first-order valence-electron chi connectivity index (χ1n) is 3.11. The minimum atomic E-state index is -0.934. The monoisotopic (exact) mass is 147 g/mol. The van der Waals surface area contributed by atoms with Crippen LogP contribution in [0.25, 0.3) is 0 Å². The molecule has 0 radical (unpaired) electrons. The fourth-order valence-corrected chi connectivity index (χ4v) is 0.600. The lowest BCUT2D eigenvalue weighted by atomic mass is 10.2. The van der Waals surface area contributed by atoms with Gasteiger partial charge in [0.15, 0.2) is 0 Å². The van der Waals surface area contributed by atoms with Crippen LogP contribution in [0.1, 0.15) is 12.8 Å². The van der Waals surface area contributed by atoms with E-state index in [2.05, 4.69) is 5.43 Å². The van der Waals surface area contributed by atoms with E-state index >= 15 is 0 Å². The number of nitrogens with two attached hydrogens (primary N) is 2. The normalized spacial score (nSPS) is 13.0. The summed E-state index contributed by atoms with van der Waals surface area (Å²) < 4.78 is 0. The van der Waals surface area contributed by atoms with Crippen molar-refractivity contribution in [3.05, 3.63) is 0 Å². The summed E-state index contributed by atoms with van der Waals surface area (Å²) in [6, 6.07) is -0.663. The van der Waals surface area contributed by atoms with Crippen molar-refractivity contribution in [1.82, 2.24) is 5.43 Å². The van der Waals surface area contributed by atoms with Gasteiger partial charge in [0.05, 0.1) is 0 Å². The Labute approximate surface area is 59.4 Å². The second-order valence-electron chi connectivity index (χ2n) is 1.99. The van der Waals surface area contributed by atoms with Crippen molar-refractivity contribution >= 4 is 5.97 Å². The van der Waals surface area contributed by atoms with Crippen LogP contribution in [0.2, 0.25) is 0 Å². The molecule has 0 saturated carbocycles. The van der Waals surface area contributed by atoms with Crippen LogP contribution in [-0.2, 0) is 4.79 Å². The molecule has 5 nitrogen and oxygen atoms in total. The summed E-state index contributed by atoms with van der Waals surface area (Å²) in [4.78, 5) is 10.3. The Hall–Kier alpha value is -0.650. The molecule has 0 aliphatic heterocycles. The molecule has 10 heavy (non-hydrogen) atoms. The molecule has 1 atom stereocenters.